The predicted molar refractivity (Wildman–Crippen MR) is 90.7 cm³/mol. The molecule has 0 unspecified atom stereocenters. The van der Waals surface area contributed by atoms with Crippen LogP contribution >= 0.6 is 0 Å². The molecule has 0 saturated heterocycles. The van der Waals surface area contributed by atoms with Crippen molar-refractivity contribution >= 4 is 5.97 Å². The van der Waals surface area contributed by atoms with Gasteiger partial charge in [0, 0.05) is 28.1 Å². The van der Waals surface area contributed by atoms with E-state index in [1.807, 2.05) is 0 Å². The third kappa shape index (κ3) is 24.9. The second-order valence-electron chi connectivity index (χ2n) is 5.73. The van der Waals surface area contributed by atoms with Crippen molar-refractivity contribution in [3.8, 4) is 0 Å². The molecule has 0 bridgehead atoms. The molecule has 0 aliphatic heterocycles. The molecule has 0 radical (unpaired) electrons. The van der Waals surface area contributed by atoms with Gasteiger partial charge in [-0.15, -0.1) is 0 Å². The summed E-state index contributed by atoms with van der Waals surface area (Å²) in [6.07, 6.45) is 21.2. The summed E-state index contributed by atoms with van der Waals surface area (Å²) in [7, 11) is 0. The van der Waals surface area contributed by atoms with Gasteiger partial charge >= 0.3 is 5.97 Å². The van der Waals surface area contributed by atoms with E-state index < -0.39 is 5.97 Å². The van der Waals surface area contributed by atoms with Gasteiger partial charge in [0.05, 0.1) is 0 Å². The fourth-order valence-electron chi connectivity index (χ4n) is 2.35. The van der Waals surface area contributed by atoms with E-state index in [1.54, 1.807) is 0 Å². The minimum atomic E-state index is -0.664. The SMILES string of the molecule is CCCCCCCC/C=C\CCCCCCCC(=O)O.O.[Ti]. The molecule has 3 N–H and O–H groups in total. The second-order valence-corrected chi connectivity index (χ2v) is 5.73. The zero-order chi connectivity index (χ0) is 14.9. The van der Waals surface area contributed by atoms with Crippen molar-refractivity contribution < 1.29 is 37.1 Å². The average molecular weight is 348 g/mol. The third-order valence-corrected chi connectivity index (χ3v) is 3.65. The Bertz CT molecular complexity index is 242. The van der Waals surface area contributed by atoms with Gasteiger partial charge in [-0.3, -0.25) is 4.79 Å². The van der Waals surface area contributed by atoms with Crippen LogP contribution in [0, 0.1) is 0 Å². The number of carboxylic acid groups (broad SMARTS) is 1. The smallest absolute Gasteiger partial charge is 0.303 e. The van der Waals surface area contributed by atoms with E-state index >= 15 is 0 Å². The van der Waals surface area contributed by atoms with Crippen LogP contribution in [0.25, 0.3) is 0 Å². The fourth-order valence-corrected chi connectivity index (χ4v) is 2.35. The Labute approximate surface area is 152 Å². The summed E-state index contributed by atoms with van der Waals surface area (Å²) in [5, 5.41) is 8.51. The number of rotatable bonds is 15. The minimum absolute atomic E-state index is 0. The van der Waals surface area contributed by atoms with E-state index in [9.17, 15) is 4.79 Å². The van der Waals surface area contributed by atoms with Gasteiger partial charge in [0.15, 0.2) is 0 Å². The number of carbonyl (C=O) groups is 1. The Hall–Kier alpha value is -0.116. The quantitative estimate of drug-likeness (QED) is 0.248. The van der Waals surface area contributed by atoms with E-state index in [2.05, 4.69) is 19.1 Å². The monoisotopic (exact) mass is 348 g/mol. The average Bonchev–Trinajstić information content (AvgIpc) is 2.43. The Kier molecular flexibility index (Phi) is 28.2. The van der Waals surface area contributed by atoms with Crippen LogP contribution in [0.15, 0.2) is 12.2 Å². The summed E-state index contributed by atoms with van der Waals surface area (Å²) in [6, 6.07) is 0. The Morgan fingerprint density at radius 1 is 0.773 bits per heavy atom. The second kappa shape index (κ2) is 23.2. The van der Waals surface area contributed by atoms with Crippen LogP contribution < -0.4 is 0 Å². The largest absolute Gasteiger partial charge is 0.481 e. The van der Waals surface area contributed by atoms with Gasteiger partial charge in [-0.2, -0.15) is 0 Å². The molecule has 0 fully saturated rings. The van der Waals surface area contributed by atoms with Gasteiger partial charge in [-0.25, -0.2) is 0 Å². The first-order chi connectivity index (χ1) is 9.77. The van der Waals surface area contributed by atoms with Gasteiger partial charge in [0.1, 0.15) is 0 Å². The maximum absolute atomic E-state index is 10.3. The number of unbranched alkanes of at least 4 members (excludes halogenated alkanes) is 11. The summed E-state index contributed by atoms with van der Waals surface area (Å²) in [5.41, 5.74) is 0. The molecule has 0 spiro atoms. The predicted octanol–water partition coefficient (Wildman–Crippen LogP) is 5.28. The molecule has 130 valence electrons. The first-order valence-electron chi connectivity index (χ1n) is 8.64. The summed E-state index contributed by atoms with van der Waals surface area (Å²) >= 11 is 0. The van der Waals surface area contributed by atoms with Crippen LogP contribution in [0.3, 0.4) is 0 Å². The maximum atomic E-state index is 10.3. The van der Waals surface area contributed by atoms with Crippen LogP contribution in [0.4, 0.5) is 0 Å². The van der Waals surface area contributed by atoms with Crippen LogP contribution in [-0.2, 0) is 26.5 Å². The first kappa shape index (κ1) is 26.8. The Balaban J connectivity index is -0.00000180. The van der Waals surface area contributed by atoms with Gasteiger partial charge in [-0.1, -0.05) is 70.4 Å². The Morgan fingerprint density at radius 3 is 1.64 bits per heavy atom. The molecule has 0 aromatic heterocycles. The van der Waals surface area contributed by atoms with E-state index in [-0.39, 0.29) is 27.2 Å². The molecule has 0 aromatic carbocycles. The molecule has 0 aliphatic carbocycles. The molecular weight excluding hydrogens is 312 g/mol. The molecule has 0 heterocycles. The van der Waals surface area contributed by atoms with Crippen LogP contribution in [0.5, 0.6) is 0 Å². The zero-order valence-corrected chi connectivity index (χ0v) is 16.0. The van der Waals surface area contributed by atoms with Crippen LogP contribution in [0.2, 0.25) is 0 Å². The van der Waals surface area contributed by atoms with E-state index in [0.717, 1.165) is 12.8 Å². The van der Waals surface area contributed by atoms with Gasteiger partial charge < -0.3 is 10.6 Å². The Morgan fingerprint density at radius 2 is 1.18 bits per heavy atom. The molecular formula is C18H36O3Ti. The van der Waals surface area contributed by atoms with Crippen molar-refractivity contribution in [2.45, 2.75) is 96.8 Å². The molecule has 3 nitrogen and oxygen atoms in total. The molecule has 0 aliphatic rings. The maximum Gasteiger partial charge on any atom is 0.303 e. The molecule has 4 heteroatoms. The number of hydrogen-bond donors (Lipinski definition) is 1. The number of carboxylic acids is 1. The summed E-state index contributed by atoms with van der Waals surface area (Å²) in [4.78, 5) is 10.3. The third-order valence-electron chi connectivity index (χ3n) is 3.65. The van der Waals surface area contributed by atoms with Gasteiger partial charge in [0.2, 0.25) is 0 Å². The number of aliphatic carboxylic acids is 1. The molecule has 0 aromatic rings. The van der Waals surface area contributed by atoms with E-state index in [1.165, 1.54) is 70.6 Å². The molecule has 0 atom stereocenters. The van der Waals surface area contributed by atoms with E-state index in [4.69, 9.17) is 5.11 Å². The van der Waals surface area contributed by atoms with Crippen molar-refractivity contribution in [2.24, 2.45) is 0 Å². The van der Waals surface area contributed by atoms with Gasteiger partial charge in [0.25, 0.3) is 0 Å². The molecule has 0 saturated carbocycles. The molecule has 0 amide bonds. The van der Waals surface area contributed by atoms with E-state index in [0.29, 0.717) is 6.42 Å². The zero-order valence-electron chi connectivity index (χ0n) is 14.4. The fraction of sp³-hybridized carbons (Fsp3) is 0.833. The van der Waals surface area contributed by atoms with Crippen molar-refractivity contribution in [1.82, 2.24) is 0 Å². The molecule has 22 heavy (non-hydrogen) atoms. The van der Waals surface area contributed by atoms with Crippen LogP contribution in [-0.4, -0.2) is 16.6 Å². The summed E-state index contributed by atoms with van der Waals surface area (Å²) in [5.74, 6) is -0.664. The number of allylic oxidation sites excluding steroid dienone is 2. The number of hydrogen-bond acceptors (Lipinski definition) is 1. The molecule has 0 rings (SSSR count). The van der Waals surface area contributed by atoms with Crippen molar-refractivity contribution in [1.29, 1.82) is 0 Å². The summed E-state index contributed by atoms with van der Waals surface area (Å²) < 4.78 is 0. The standard InChI is InChI=1S/C18H34O2.H2O.Ti/c1-2-3-4-5-6-7-8-9-10-11-12-13-14-15-16-17-18(19)20;;/h9-10H,2-8,11-17H2,1H3,(H,19,20);1H2;/b10-9-;;. The van der Waals surface area contributed by atoms with Crippen molar-refractivity contribution in [2.75, 3.05) is 0 Å². The van der Waals surface area contributed by atoms with Crippen LogP contribution in [0.1, 0.15) is 96.8 Å². The first-order valence-corrected chi connectivity index (χ1v) is 8.64. The van der Waals surface area contributed by atoms with Crippen molar-refractivity contribution in [3.05, 3.63) is 12.2 Å². The normalized spacial score (nSPS) is 10.2. The summed E-state index contributed by atoms with van der Waals surface area (Å²) in [6.45, 7) is 2.26. The topological polar surface area (TPSA) is 68.8 Å². The van der Waals surface area contributed by atoms with Crippen molar-refractivity contribution in [3.63, 3.8) is 0 Å². The van der Waals surface area contributed by atoms with Gasteiger partial charge in [-0.05, 0) is 32.1 Å². The minimum Gasteiger partial charge on any atom is -0.481 e.